The number of hydrogen-bond acceptors (Lipinski definition) is 4. The van der Waals surface area contributed by atoms with Crippen LogP contribution in [0.3, 0.4) is 0 Å². The highest BCUT2D eigenvalue weighted by molar-refractivity contribution is 7.13. The zero-order valence-corrected chi connectivity index (χ0v) is 9.80. The van der Waals surface area contributed by atoms with Gasteiger partial charge in [-0.2, -0.15) is 0 Å². The maximum Gasteiger partial charge on any atom is 0.161 e. The highest BCUT2D eigenvalue weighted by atomic mass is 32.1. The Labute approximate surface area is 94.1 Å². The number of carbonyl (C=O) groups is 1. The van der Waals surface area contributed by atoms with Crippen LogP contribution in [0.2, 0.25) is 0 Å². The summed E-state index contributed by atoms with van der Waals surface area (Å²) in [5.74, 6) is 0.796. The molecule has 1 aromatic heterocycles. The average molecular weight is 224 g/mol. The van der Waals surface area contributed by atoms with Crippen LogP contribution in [0, 0.1) is 5.92 Å². The average Bonchev–Trinajstić information content (AvgIpc) is 2.65. The minimum absolute atomic E-state index is 0.732. The summed E-state index contributed by atoms with van der Waals surface area (Å²) in [6.45, 7) is 5.53. The maximum absolute atomic E-state index is 10.5. The fourth-order valence-corrected chi connectivity index (χ4v) is 2.85. The molecule has 2 rings (SSSR count). The Hall–Kier alpha value is -0.740. The van der Waals surface area contributed by atoms with Gasteiger partial charge in [0.15, 0.2) is 6.29 Å². The third-order valence-electron chi connectivity index (χ3n) is 2.79. The van der Waals surface area contributed by atoms with Gasteiger partial charge >= 0.3 is 0 Å². The van der Waals surface area contributed by atoms with Crippen LogP contribution in [-0.2, 0) is 6.54 Å². The molecule has 0 radical (unpaired) electrons. The van der Waals surface area contributed by atoms with Crippen LogP contribution in [-0.4, -0.2) is 29.3 Å². The van der Waals surface area contributed by atoms with Crippen LogP contribution in [0.15, 0.2) is 6.20 Å². The van der Waals surface area contributed by atoms with Gasteiger partial charge in [-0.15, -0.1) is 11.3 Å². The van der Waals surface area contributed by atoms with Gasteiger partial charge in [0.2, 0.25) is 0 Å². The minimum Gasteiger partial charge on any atom is -0.297 e. The molecule has 1 aliphatic rings. The highest BCUT2D eigenvalue weighted by Gasteiger charge is 2.17. The number of aldehydes is 1. The molecule has 1 atom stereocenters. The SMILES string of the molecule is CC1CCCN(Cc2ncc(C=O)s2)C1. The van der Waals surface area contributed by atoms with E-state index in [0.717, 1.165) is 35.2 Å². The zero-order chi connectivity index (χ0) is 10.7. The lowest BCUT2D eigenvalue weighted by Crippen LogP contribution is -2.33. The Morgan fingerprint density at radius 1 is 1.73 bits per heavy atom. The van der Waals surface area contributed by atoms with Gasteiger partial charge in [-0.05, 0) is 25.3 Å². The highest BCUT2D eigenvalue weighted by Crippen LogP contribution is 2.19. The van der Waals surface area contributed by atoms with E-state index in [1.54, 1.807) is 6.20 Å². The number of carbonyl (C=O) groups excluding carboxylic acids is 1. The van der Waals surface area contributed by atoms with Gasteiger partial charge in [0.25, 0.3) is 0 Å². The molecule has 0 aliphatic carbocycles. The first kappa shape index (κ1) is 10.8. The molecule has 0 saturated carbocycles. The number of aromatic nitrogens is 1. The van der Waals surface area contributed by atoms with Crippen LogP contribution >= 0.6 is 11.3 Å². The van der Waals surface area contributed by atoms with Crippen LogP contribution in [0.25, 0.3) is 0 Å². The molecule has 2 heterocycles. The number of likely N-dealkylation sites (tertiary alicyclic amines) is 1. The molecule has 0 amide bonds. The molecule has 1 saturated heterocycles. The normalized spacial score (nSPS) is 22.9. The number of rotatable bonds is 3. The molecule has 4 heteroatoms. The third-order valence-corrected chi connectivity index (χ3v) is 3.70. The fraction of sp³-hybridized carbons (Fsp3) is 0.636. The molecule has 0 spiro atoms. The second-order valence-electron chi connectivity index (χ2n) is 4.26. The quantitative estimate of drug-likeness (QED) is 0.738. The first-order valence-corrected chi connectivity index (χ1v) is 6.22. The van der Waals surface area contributed by atoms with Gasteiger partial charge in [-0.3, -0.25) is 9.69 Å². The van der Waals surface area contributed by atoms with E-state index in [0.29, 0.717) is 0 Å². The lowest BCUT2D eigenvalue weighted by atomic mass is 10.0. The molecular weight excluding hydrogens is 208 g/mol. The summed E-state index contributed by atoms with van der Waals surface area (Å²) < 4.78 is 0. The smallest absolute Gasteiger partial charge is 0.161 e. The molecule has 1 fully saturated rings. The van der Waals surface area contributed by atoms with Crippen molar-refractivity contribution in [1.82, 2.24) is 9.88 Å². The van der Waals surface area contributed by atoms with Gasteiger partial charge in [-0.1, -0.05) is 6.92 Å². The van der Waals surface area contributed by atoms with E-state index >= 15 is 0 Å². The maximum atomic E-state index is 10.5. The summed E-state index contributed by atoms with van der Waals surface area (Å²) in [6.07, 6.45) is 5.17. The molecule has 15 heavy (non-hydrogen) atoms. The lowest BCUT2D eigenvalue weighted by molar-refractivity contribution is 0.112. The van der Waals surface area contributed by atoms with E-state index in [1.807, 2.05) is 0 Å². The largest absolute Gasteiger partial charge is 0.297 e. The van der Waals surface area contributed by atoms with Gasteiger partial charge in [0.1, 0.15) is 5.01 Å². The second-order valence-corrected chi connectivity index (χ2v) is 5.40. The Balaban J connectivity index is 1.92. The molecule has 0 aromatic carbocycles. The van der Waals surface area contributed by atoms with E-state index in [9.17, 15) is 4.79 Å². The third kappa shape index (κ3) is 2.86. The summed E-state index contributed by atoms with van der Waals surface area (Å²) in [7, 11) is 0. The number of hydrogen-bond donors (Lipinski definition) is 0. The Morgan fingerprint density at radius 3 is 3.27 bits per heavy atom. The van der Waals surface area contributed by atoms with Crippen molar-refractivity contribution in [2.45, 2.75) is 26.3 Å². The number of thiazole rings is 1. The molecule has 1 aliphatic heterocycles. The Bertz CT molecular complexity index is 337. The zero-order valence-electron chi connectivity index (χ0n) is 8.98. The van der Waals surface area contributed by atoms with Crippen LogP contribution in [0.5, 0.6) is 0 Å². The fourth-order valence-electron chi connectivity index (χ4n) is 2.07. The summed E-state index contributed by atoms with van der Waals surface area (Å²) in [5, 5.41) is 1.06. The van der Waals surface area contributed by atoms with Gasteiger partial charge in [0.05, 0.1) is 11.4 Å². The standard InChI is InChI=1S/C11H16N2OS/c1-9-3-2-4-13(6-9)7-11-12-5-10(8-14)15-11/h5,8-9H,2-4,6-7H2,1H3. The number of nitrogens with zero attached hydrogens (tertiary/aromatic N) is 2. The van der Waals surface area contributed by atoms with E-state index in [1.165, 1.54) is 30.7 Å². The summed E-state index contributed by atoms with van der Waals surface area (Å²) in [4.78, 5) is 17.9. The van der Waals surface area contributed by atoms with Crippen molar-refractivity contribution in [2.24, 2.45) is 5.92 Å². The molecule has 82 valence electrons. The first-order chi connectivity index (χ1) is 7.28. The number of piperidine rings is 1. The predicted molar refractivity (Wildman–Crippen MR) is 61.2 cm³/mol. The Morgan fingerprint density at radius 2 is 2.60 bits per heavy atom. The van der Waals surface area contributed by atoms with Crippen molar-refractivity contribution >= 4 is 17.6 Å². The van der Waals surface area contributed by atoms with Crippen LogP contribution < -0.4 is 0 Å². The van der Waals surface area contributed by atoms with E-state index in [2.05, 4.69) is 16.8 Å². The predicted octanol–water partition coefficient (Wildman–Crippen LogP) is 2.19. The first-order valence-electron chi connectivity index (χ1n) is 5.40. The van der Waals surface area contributed by atoms with E-state index < -0.39 is 0 Å². The van der Waals surface area contributed by atoms with Crippen LogP contribution in [0.4, 0.5) is 0 Å². The molecule has 0 N–H and O–H groups in total. The van der Waals surface area contributed by atoms with Crippen molar-refractivity contribution < 1.29 is 4.79 Å². The Kier molecular flexibility index (Phi) is 3.49. The van der Waals surface area contributed by atoms with Crippen molar-refractivity contribution in [3.8, 4) is 0 Å². The summed E-state index contributed by atoms with van der Waals surface area (Å²) in [6, 6.07) is 0. The molecule has 3 nitrogen and oxygen atoms in total. The lowest BCUT2D eigenvalue weighted by Gasteiger charge is -2.29. The van der Waals surface area contributed by atoms with Gasteiger partial charge in [0, 0.05) is 12.7 Å². The van der Waals surface area contributed by atoms with Gasteiger partial charge < -0.3 is 0 Å². The molecule has 0 bridgehead atoms. The minimum atomic E-state index is 0.732. The van der Waals surface area contributed by atoms with Gasteiger partial charge in [-0.25, -0.2) is 4.98 Å². The van der Waals surface area contributed by atoms with Crippen molar-refractivity contribution in [3.63, 3.8) is 0 Å². The van der Waals surface area contributed by atoms with Crippen molar-refractivity contribution in [3.05, 3.63) is 16.1 Å². The van der Waals surface area contributed by atoms with Crippen molar-refractivity contribution in [2.75, 3.05) is 13.1 Å². The van der Waals surface area contributed by atoms with E-state index in [4.69, 9.17) is 0 Å². The topological polar surface area (TPSA) is 33.2 Å². The monoisotopic (exact) mass is 224 g/mol. The summed E-state index contributed by atoms with van der Waals surface area (Å²) in [5.41, 5.74) is 0. The van der Waals surface area contributed by atoms with E-state index in [-0.39, 0.29) is 0 Å². The molecule has 1 unspecified atom stereocenters. The molecular formula is C11H16N2OS. The second kappa shape index (κ2) is 4.86. The molecule has 1 aromatic rings. The van der Waals surface area contributed by atoms with Crippen LogP contribution in [0.1, 0.15) is 34.4 Å². The summed E-state index contributed by atoms with van der Waals surface area (Å²) >= 11 is 1.51. The van der Waals surface area contributed by atoms with Crippen molar-refractivity contribution in [1.29, 1.82) is 0 Å².